The number of hydrogen-bond donors (Lipinski definition) is 0. The lowest BCUT2D eigenvalue weighted by molar-refractivity contribution is 0.302. The maximum absolute atomic E-state index is 13.4. The lowest BCUT2D eigenvalue weighted by Gasteiger charge is -2.32. The van der Waals surface area contributed by atoms with Crippen LogP contribution < -0.4 is 11.2 Å². The summed E-state index contributed by atoms with van der Waals surface area (Å²) < 4.78 is 32.2. The van der Waals surface area contributed by atoms with Crippen LogP contribution in [0.15, 0.2) is 44.9 Å². The van der Waals surface area contributed by atoms with Crippen LogP contribution in [-0.2, 0) is 24.1 Å². The molecule has 31 heavy (non-hydrogen) atoms. The Hall–Kier alpha value is -2.72. The minimum atomic E-state index is -4.06. The van der Waals surface area contributed by atoms with Gasteiger partial charge in [0.25, 0.3) is 5.56 Å². The molecule has 10 heteroatoms. The van der Waals surface area contributed by atoms with Gasteiger partial charge in [0.15, 0.2) is 4.90 Å². The standard InChI is InChI=1S/C21H27N5O4S/c1-14(2)26-17-10-6-5-9-16(17)22-19(26)15-8-7-11-25(12-15)31(29,30)18-13-23(3)21(28)24(4)20(18)27/h5-6,9-10,13-15H,7-8,11-12H2,1-4H3/t15-/m1/s1. The number of para-hydroxylation sites is 2. The van der Waals surface area contributed by atoms with Crippen LogP contribution in [0.2, 0.25) is 0 Å². The topological polar surface area (TPSA) is 99.2 Å². The minimum Gasteiger partial charge on any atom is -0.325 e. The van der Waals surface area contributed by atoms with E-state index in [0.29, 0.717) is 13.0 Å². The van der Waals surface area contributed by atoms with Gasteiger partial charge in [-0.25, -0.2) is 18.2 Å². The van der Waals surface area contributed by atoms with Crippen LogP contribution in [0.4, 0.5) is 0 Å². The molecule has 1 aromatic carbocycles. The molecular weight excluding hydrogens is 418 g/mol. The van der Waals surface area contributed by atoms with Crippen molar-refractivity contribution in [1.82, 2.24) is 23.0 Å². The molecule has 1 fully saturated rings. The van der Waals surface area contributed by atoms with Gasteiger partial charge in [-0.05, 0) is 38.8 Å². The fourth-order valence-corrected chi connectivity index (χ4v) is 6.03. The molecule has 0 unspecified atom stereocenters. The van der Waals surface area contributed by atoms with Crippen LogP contribution >= 0.6 is 0 Å². The monoisotopic (exact) mass is 445 g/mol. The van der Waals surface area contributed by atoms with Gasteiger partial charge in [-0.1, -0.05) is 12.1 Å². The fourth-order valence-electron chi connectivity index (χ4n) is 4.36. The Labute approximate surface area is 180 Å². The third kappa shape index (κ3) is 3.53. The molecule has 0 N–H and O–H groups in total. The molecule has 3 heterocycles. The molecule has 9 nitrogen and oxygen atoms in total. The summed E-state index contributed by atoms with van der Waals surface area (Å²) in [6.45, 7) is 4.74. The van der Waals surface area contributed by atoms with Gasteiger partial charge in [-0.15, -0.1) is 0 Å². The van der Waals surface area contributed by atoms with Gasteiger partial charge in [0.05, 0.1) is 11.0 Å². The van der Waals surface area contributed by atoms with E-state index < -0.39 is 21.3 Å². The van der Waals surface area contributed by atoms with Crippen LogP contribution in [0.1, 0.15) is 44.5 Å². The number of sulfonamides is 1. The predicted octanol–water partition coefficient (Wildman–Crippen LogP) is 1.58. The van der Waals surface area contributed by atoms with E-state index in [1.165, 1.54) is 18.4 Å². The lowest BCUT2D eigenvalue weighted by Crippen LogP contribution is -2.45. The highest BCUT2D eigenvalue weighted by atomic mass is 32.2. The highest BCUT2D eigenvalue weighted by molar-refractivity contribution is 7.89. The molecule has 3 aromatic rings. The second kappa shape index (κ2) is 7.76. The van der Waals surface area contributed by atoms with E-state index in [0.717, 1.165) is 38.6 Å². The third-order valence-electron chi connectivity index (χ3n) is 5.92. The van der Waals surface area contributed by atoms with Crippen LogP contribution in [0, 0.1) is 0 Å². The molecule has 1 aliphatic rings. The van der Waals surface area contributed by atoms with Gasteiger partial charge in [-0.3, -0.25) is 9.36 Å². The van der Waals surface area contributed by atoms with Gasteiger partial charge in [0, 0.05) is 45.3 Å². The van der Waals surface area contributed by atoms with Crippen molar-refractivity contribution < 1.29 is 8.42 Å². The minimum absolute atomic E-state index is 0.0882. The maximum atomic E-state index is 13.4. The van der Waals surface area contributed by atoms with Crippen molar-refractivity contribution in [2.75, 3.05) is 13.1 Å². The summed E-state index contributed by atoms with van der Waals surface area (Å²) in [5.74, 6) is 0.777. The number of nitrogens with zero attached hydrogens (tertiary/aromatic N) is 5. The quantitative estimate of drug-likeness (QED) is 0.607. The molecule has 0 radical (unpaired) electrons. The number of aryl methyl sites for hydroxylation is 1. The number of fused-ring (bicyclic) bond motifs is 1. The van der Waals surface area contributed by atoms with Crippen molar-refractivity contribution in [2.45, 2.75) is 43.5 Å². The number of hydrogen-bond acceptors (Lipinski definition) is 5. The Morgan fingerprint density at radius 3 is 2.55 bits per heavy atom. The highest BCUT2D eigenvalue weighted by Gasteiger charge is 2.35. The van der Waals surface area contributed by atoms with Crippen molar-refractivity contribution in [3.05, 3.63) is 57.1 Å². The van der Waals surface area contributed by atoms with Gasteiger partial charge >= 0.3 is 5.69 Å². The fraction of sp³-hybridized carbons (Fsp3) is 0.476. The van der Waals surface area contributed by atoms with E-state index in [1.54, 1.807) is 0 Å². The molecule has 1 atom stereocenters. The molecule has 1 saturated heterocycles. The van der Waals surface area contributed by atoms with Crippen LogP contribution in [0.5, 0.6) is 0 Å². The summed E-state index contributed by atoms with van der Waals surface area (Å²) in [6.07, 6.45) is 2.59. The van der Waals surface area contributed by atoms with Gasteiger partial charge in [-0.2, -0.15) is 4.31 Å². The molecule has 166 valence electrons. The first-order valence-corrected chi connectivity index (χ1v) is 11.8. The maximum Gasteiger partial charge on any atom is 0.330 e. The van der Waals surface area contributed by atoms with Crippen LogP contribution in [0.25, 0.3) is 11.0 Å². The normalized spacial score (nSPS) is 18.2. The molecule has 1 aliphatic heterocycles. The van der Waals surface area contributed by atoms with Gasteiger partial charge in [0.1, 0.15) is 5.82 Å². The van der Waals surface area contributed by atoms with Gasteiger partial charge < -0.3 is 9.13 Å². The second-order valence-electron chi connectivity index (χ2n) is 8.38. The van der Waals surface area contributed by atoms with E-state index in [2.05, 4.69) is 18.4 Å². The predicted molar refractivity (Wildman–Crippen MR) is 118 cm³/mol. The molecule has 2 aromatic heterocycles. The van der Waals surface area contributed by atoms with Crippen LogP contribution in [-0.4, -0.2) is 44.5 Å². The van der Waals surface area contributed by atoms with Crippen molar-refractivity contribution in [3.8, 4) is 0 Å². The zero-order valence-electron chi connectivity index (χ0n) is 18.1. The average molecular weight is 446 g/mol. The molecular formula is C21H27N5O4S. The molecule has 0 amide bonds. The Morgan fingerprint density at radius 2 is 1.84 bits per heavy atom. The first kappa shape index (κ1) is 21.5. The molecule has 0 aliphatic carbocycles. The van der Waals surface area contributed by atoms with Crippen molar-refractivity contribution in [3.63, 3.8) is 0 Å². The van der Waals surface area contributed by atoms with E-state index in [4.69, 9.17) is 4.98 Å². The smallest absolute Gasteiger partial charge is 0.325 e. The number of aromatic nitrogens is 4. The van der Waals surface area contributed by atoms with E-state index >= 15 is 0 Å². The molecule has 0 saturated carbocycles. The summed E-state index contributed by atoms with van der Waals surface area (Å²) in [4.78, 5) is 29.0. The lowest BCUT2D eigenvalue weighted by atomic mass is 9.98. The van der Waals surface area contributed by atoms with Crippen molar-refractivity contribution in [2.24, 2.45) is 14.1 Å². The van der Waals surface area contributed by atoms with Crippen molar-refractivity contribution in [1.29, 1.82) is 0 Å². The zero-order chi connectivity index (χ0) is 22.5. The molecule has 0 bridgehead atoms. The highest BCUT2D eigenvalue weighted by Crippen LogP contribution is 2.33. The van der Waals surface area contributed by atoms with E-state index in [1.807, 2.05) is 24.3 Å². The summed E-state index contributed by atoms with van der Waals surface area (Å²) in [5, 5.41) is 0. The summed E-state index contributed by atoms with van der Waals surface area (Å²) in [6, 6.07) is 8.07. The number of imidazole rings is 1. The Bertz CT molecular complexity index is 1370. The number of rotatable bonds is 4. The Kier molecular flexibility index (Phi) is 5.38. The first-order chi connectivity index (χ1) is 14.6. The SMILES string of the molecule is CC(C)n1c([C@@H]2CCCN(S(=O)(=O)c3cn(C)c(=O)n(C)c3=O)C2)nc2ccccc21. The van der Waals surface area contributed by atoms with E-state index in [9.17, 15) is 18.0 Å². The van der Waals surface area contributed by atoms with Crippen molar-refractivity contribution >= 4 is 21.1 Å². The third-order valence-corrected chi connectivity index (χ3v) is 7.77. The number of benzene rings is 1. The summed E-state index contributed by atoms with van der Waals surface area (Å²) in [7, 11) is -1.33. The Balaban J connectivity index is 1.75. The number of piperidine rings is 1. The first-order valence-electron chi connectivity index (χ1n) is 10.4. The zero-order valence-corrected chi connectivity index (χ0v) is 19.0. The second-order valence-corrected chi connectivity index (χ2v) is 10.3. The molecule has 4 rings (SSSR count). The van der Waals surface area contributed by atoms with Crippen LogP contribution in [0.3, 0.4) is 0 Å². The molecule has 0 spiro atoms. The van der Waals surface area contributed by atoms with Gasteiger partial charge in [0.2, 0.25) is 10.0 Å². The summed E-state index contributed by atoms with van der Waals surface area (Å²) in [5.41, 5.74) is 0.545. The van der Waals surface area contributed by atoms with E-state index in [-0.39, 0.29) is 23.4 Å². The Morgan fingerprint density at radius 1 is 1.13 bits per heavy atom. The summed E-state index contributed by atoms with van der Waals surface area (Å²) >= 11 is 0. The largest absolute Gasteiger partial charge is 0.330 e. The average Bonchev–Trinajstić information content (AvgIpc) is 3.14.